The Kier molecular flexibility index (Phi) is 4.32. The molecule has 1 heterocycles. The lowest BCUT2D eigenvalue weighted by Gasteiger charge is -2.62. The molecule has 0 aromatic rings. The molecule has 0 amide bonds. The molecule has 164 valence electrons. The highest BCUT2D eigenvalue weighted by Gasteiger charge is 2.71. The van der Waals surface area contributed by atoms with E-state index in [-0.39, 0.29) is 52.2 Å². The minimum Gasteiger partial charge on any atom is -0.469 e. The molecule has 1 N–H and O–H groups in total. The molecule has 6 nitrogen and oxygen atoms in total. The number of aliphatic hydroxyl groups excluding tert-OH is 1. The van der Waals surface area contributed by atoms with E-state index in [1.807, 2.05) is 0 Å². The van der Waals surface area contributed by atoms with Gasteiger partial charge < -0.3 is 14.6 Å². The fourth-order valence-electron chi connectivity index (χ4n) is 8.35. The summed E-state index contributed by atoms with van der Waals surface area (Å²) in [5, 5.41) is 11.6. The first-order valence-corrected chi connectivity index (χ1v) is 11.4. The van der Waals surface area contributed by atoms with Crippen molar-refractivity contribution >= 4 is 17.7 Å². The summed E-state index contributed by atoms with van der Waals surface area (Å²) in [7, 11) is 1.42. The number of hydrogen-bond donors (Lipinski definition) is 1. The van der Waals surface area contributed by atoms with E-state index in [2.05, 4.69) is 13.8 Å². The first-order chi connectivity index (χ1) is 14.1. The Morgan fingerprint density at radius 2 is 1.97 bits per heavy atom. The van der Waals surface area contributed by atoms with Crippen LogP contribution in [0.4, 0.5) is 0 Å². The van der Waals surface area contributed by atoms with Gasteiger partial charge in [-0.1, -0.05) is 19.4 Å². The van der Waals surface area contributed by atoms with Crippen molar-refractivity contribution in [2.24, 2.45) is 34.5 Å². The molecule has 4 fully saturated rings. The number of fused-ring (bicyclic) bond motifs is 6. The second kappa shape index (κ2) is 6.41. The number of carbonyl (C=O) groups excluding carboxylic acids is 3. The number of carbonyl (C=O) groups is 3. The van der Waals surface area contributed by atoms with Gasteiger partial charge in [0, 0.05) is 18.3 Å². The van der Waals surface area contributed by atoms with Gasteiger partial charge in [0.25, 0.3) is 0 Å². The van der Waals surface area contributed by atoms with Crippen LogP contribution in [-0.4, -0.2) is 41.6 Å². The van der Waals surface area contributed by atoms with Crippen molar-refractivity contribution in [2.45, 2.75) is 76.9 Å². The van der Waals surface area contributed by atoms with Crippen molar-refractivity contribution < 1.29 is 29.0 Å². The maximum Gasteiger partial charge on any atom is 0.309 e. The summed E-state index contributed by atoms with van der Waals surface area (Å²) in [6, 6.07) is 0. The molecule has 6 heteroatoms. The monoisotopic (exact) mass is 416 g/mol. The Hall–Kier alpha value is -1.69. The molecule has 30 heavy (non-hydrogen) atoms. The van der Waals surface area contributed by atoms with E-state index in [1.165, 1.54) is 7.11 Å². The molecule has 0 radical (unpaired) electrons. The second-order valence-corrected chi connectivity index (χ2v) is 10.8. The van der Waals surface area contributed by atoms with E-state index in [9.17, 15) is 19.5 Å². The Labute approximate surface area is 177 Å². The van der Waals surface area contributed by atoms with Crippen molar-refractivity contribution in [2.75, 3.05) is 7.11 Å². The first-order valence-electron chi connectivity index (χ1n) is 11.4. The molecule has 2 unspecified atom stereocenters. The zero-order valence-electron chi connectivity index (χ0n) is 18.1. The Balaban J connectivity index is 1.62. The average molecular weight is 417 g/mol. The summed E-state index contributed by atoms with van der Waals surface area (Å²) in [5.74, 6) is -0.636. The molecule has 0 bridgehead atoms. The highest BCUT2D eigenvalue weighted by molar-refractivity contribution is 5.92. The SMILES string of the molecule is COC(=O)[C@@H]1CC2=CC(=O)CC[C@]2(C)C2C(O)C[C@@]3(C)[C@@H](CC[C@@]34CCC(=O)O4)[C@@H]21. The number of hydrogen-bond acceptors (Lipinski definition) is 6. The van der Waals surface area contributed by atoms with Gasteiger partial charge in [0.1, 0.15) is 5.60 Å². The summed E-state index contributed by atoms with van der Waals surface area (Å²) in [6.07, 6.45) is 6.21. The van der Waals surface area contributed by atoms with Crippen LogP contribution in [0.3, 0.4) is 0 Å². The molecular formula is C24H32O6. The average Bonchev–Trinajstić information content (AvgIpc) is 3.21. The quantitative estimate of drug-likeness (QED) is 0.661. The third-order valence-corrected chi connectivity index (χ3v) is 9.79. The Morgan fingerprint density at radius 3 is 2.63 bits per heavy atom. The summed E-state index contributed by atoms with van der Waals surface area (Å²) < 4.78 is 11.2. The topological polar surface area (TPSA) is 89.9 Å². The summed E-state index contributed by atoms with van der Waals surface area (Å²) in [6.45, 7) is 4.33. The number of esters is 2. The minimum absolute atomic E-state index is 0.0415. The van der Waals surface area contributed by atoms with Crippen molar-refractivity contribution in [3.63, 3.8) is 0 Å². The minimum atomic E-state index is -0.611. The van der Waals surface area contributed by atoms with Crippen molar-refractivity contribution in [3.05, 3.63) is 11.6 Å². The Morgan fingerprint density at radius 1 is 1.20 bits per heavy atom. The summed E-state index contributed by atoms with van der Waals surface area (Å²) >= 11 is 0. The van der Waals surface area contributed by atoms with Crippen molar-refractivity contribution in [1.29, 1.82) is 0 Å². The molecule has 4 aliphatic carbocycles. The van der Waals surface area contributed by atoms with Crippen LogP contribution in [0.5, 0.6) is 0 Å². The van der Waals surface area contributed by atoms with Crippen LogP contribution in [0, 0.1) is 34.5 Å². The molecular weight excluding hydrogens is 384 g/mol. The summed E-state index contributed by atoms with van der Waals surface area (Å²) in [5.41, 5.74) is -0.168. The van der Waals surface area contributed by atoms with Gasteiger partial charge in [-0.15, -0.1) is 0 Å². The molecule has 1 spiro atoms. The van der Waals surface area contributed by atoms with E-state index >= 15 is 0 Å². The fraction of sp³-hybridized carbons (Fsp3) is 0.792. The zero-order chi connectivity index (χ0) is 21.5. The second-order valence-electron chi connectivity index (χ2n) is 10.8. The molecule has 0 aromatic carbocycles. The smallest absolute Gasteiger partial charge is 0.309 e. The largest absolute Gasteiger partial charge is 0.469 e. The van der Waals surface area contributed by atoms with Gasteiger partial charge in [0.2, 0.25) is 0 Å². The van der Waals surface area contributed by atoms with Crippen LogP contribution in [0.2, 0.25) is 0 Å². The van der Waals surface area contributed by atoms with Gasteiger partial charge >= 0.3 is 11.9 Å². The van der Waals surface area contributed by atoms with Crippen LogP contribution in [-0.2, 0) is 23.9 Å². The molecule has 1 saturated heterocycles. The zero-order valence-corrected chi connectivity index (χ0v) is 18.1. The van der Waals surface area contributed by atoms with Gasteiger partial charge in [-0.3, -0.25) is 14.4 Å². The van der Waals surface area contributed by atoms with Crippen molar-refractivity contribution in [3.8, 4) is 0 Å². The van der Waals surface area contributed by atoms with Gasteiger partial charge in [-0.05, 0) is 67.8 Å². The van der Waals surface area contributed by atoms with E-state index < -0.39 is 11.7 Å². The van der Waals surface area contributed by atoms with Crippen LogP contribution in [0.1, 0.15) is 65.2 Å². The standard InChI is InChI=1S/C24H32O6/c1-22-7-4-14(25)10-13(22)11-15(21(28)29-3)19-16-5-8-24(9-6-18(27)30-24)23(16,2)12-17(26)20(19)22/h10,15-17,19-20,26H,4-9,11-12H2,1-3H3/t15-,16+,17?,19+,20?,22+,23+,24-/m1/s1. The van der Waals surface area contributed by atoms with Crippen LogP contribution >= 0.6 is 0 Å². The fourth-order valence-corrected chi connectivity index (χ4v) is 8.35. The number of ether oxygens (including phenoxy) is 2. The molecule has 1 aliphatic heterocycles. The highest BCUT2D eigenvalue weighted by atomic mass is 16.6. The highest BCUT2D eigenvalue weighted by Crippen LogP contribution is 2.70. The van der Waals surface area contributed by atoms with Gasteiger partial charge in [0.15, 0.2) is 5.78 Å². The van der Waals surface area contributed by atoms with Crippen LogP contribution in [0.15, 0.2) is 11.6 Å². The number of methoxy groups -OCH3 is 1. The van der Waals surface area contributed by atoms with E-state index in [1.54, 1.807) is 6.08 Å². The van der Waals surface area contributed by atoms with E-state index in [0.29, 0.717) is 38.5 Å². The molecule has 5 aliphatic rings. The number of allylic oxidation sites excluding steroid dienone is 1. The van der Waals surface area contributed by atoms with Gasteiger partial charge in [-0.25, -0.2) is 0 Å². The normalized spacial score (nSPS) is 49.7. The number of rotatable bonds is 1. The molecule has 3 saturated carbocycles. The lowest BCUT2D eigenvalue weighted by Crippen LogP contribution is -2.62. The van der Waals surface area contributed by atoms with E-state index in [0.717, 1.165) is 18.4 Å². The van der Waals surface area contributed by atoms with Crippen molar-refractivity contribution in [1.82, 2.24) is 0 Å². The number of aliphatic hydroxyl groups is 1. The van der Waals surface area contributed by atoms with Gasteiger partial charge in [0.05, 0.1) is 19.1 Å². The third kappa shape index (κ3) is 2.43. The first kappa shape index (κ1) is 20.2. The molecule has 8 atom stereocenters. The predicted molar refractivity (Wildman–Crippen MR) is 107 cm³/mol. The lowest BCUT2D eigenvalue weighted by molar-refractivity contribution is -0.197. The predicted octanol–water partition coefficient (Wildman–Crippen LogP) is 2.96. The Bertz CT molecular complexity index is 847. The molecule has 5 rings (SSSR count). The van der Waals surface area contributed by atoms with Gasteiger partial charge in [-0.2, -0.15) is 0 Å². The number of ketones is 1. The van der Waals surface area contributed by atoms with E-state index in [4.69, 9.17) is 9.47 Å². The third-order valence-electron chi connectivity index (χ3n) is 9.79. The maximum atomic E-state index is 12.9. The maximum absolute atomic E-state index is 12.9. The molecule has 0 aromatic heterocycles. The van der Waals surface area contributed by atoms with Crippen LogP contribution < -0.4 is 0 Å². The lowest BCUT2D eigenvalue weighted by atomic mass is 9.43. The van der Waals surface area contributed by atoms with Crippen LogP contribution in [0.25, 0.3) is 0 Å². The summed E-state index contributed by atoms with van der Waals surface area (Å²) in [4.78, 5) is 37.2.